The fourth-order valence-electron chi connectivity index (χ4n) is 6.38. The summed E-state index contributed by atoms with van der Waals surface area (Å²) in [7, 11) is 4.52. The summed E-state index contributed by atoms with van der Waals surface area (Å²) in [5, 5.41) is 47.1. The number of benzene rings is 2. The lowest BCUT2D eigenvalue weighted by Gasteiger charge is -2.50. The van der Waals surface area contributed by atoms with Gasteiger partial charge < -0.3 is 36.2 Å². The third-order valence-corrected chi connectivity index (χ3v) is 8.18. The van der Waals surface area contributed by atoms with Crippen LogP contribution >= 0.6 is 0 Å². The summed E-state index contributed by atoms with van der Waals surface area (Å²) in [5.74, 6) is -6.75. The number of phenols is 1. The van der Waals surface area contributed by atoms with Gasteiger partial charge in [-0.3, -0.25) is 19.3 Å². The monoisotopic (exact) mass is 563 g/mol. The number of carbonyl (C=O) groups is 4. The van der Waals surface area contributed by atoms with Gasteiger partial charge in [0, 0.05) is 18.5 Å². The number of ketones is 2. The van der Waals surface area contributed by atoms with E-state index in [2.05, 4.69) is 5.32 Å². The molecule has 1 saturated carbocycles. The standard InChI is InChI=1S/C29H29N3O9/c1-31-28(39)41-14-6-4-12(5-7-14)15-8-9-18(33)20-16(15)10-13-11-17-22(32(2)3)24(35)21(27(30)38)26(37)29(17,40)25(36)19(13)23(20)34/h4-9,13,17,22,33-34,37,40H,10-11H2,1-3H3,(H2,30,38)(H,31,39)/t13-,17-,22+,29-/m1/s1. The molecular formula is C29H29N3O9. The van der Waals surface area contributed by atoms with E-state index in [0.717, 1.165) is 0 Å². The summed E-state index contributed by atoms with van der Waals surface area (Å²) in [6.07, 6.45) is -0.500. The van der Waals surface area contributed by atoms with Gasteiger partial charge in [0.1, 0.15) is 28.6 Å². The molecule has 0 aromatic heterocycles. The van der Waals surface area contributed by atoms with Crippen molar-refractivity contribution in [2.24, 2.45) is 17.6 Å². The van der Waals surface area contributed by atoms with E-state index in [1.54, 1.807) is 44.4 Å². The van der Waals surface area contributed by atoms with Gasteiger partial charge in [0.15, 0.2) is 11.4 Å². The number of hydrogen-bond acceptors (Lipinski definition) is 10. The van der Waals surface area contributed by atoms with Gasteiger partial charge >= 0.3 is 6.09 Å². The minimum Gasteiger partial charge on any atom is -0.508 e. The van der Waals surface area contributed by atoms with Crippen LogP contribution in [0.5, 0.6) is 11.5 Å². The smallest absolute Gasteiger partial charge is 0.412 e. The molecule has 12 heteroatoms. The van der Waals surface area contributed by atoms with Crippen LogP contribution in [0.2, 0.25) is 0 Å². The highest BCUT2D eigenvalue weighted by atomic mass is 16.5. The maximum absolute atomic E-state index is 13.9. The van der Waals surface area contributed by atoms with E-state index in [-0.39, 0.29) is 29.7 Å². The molecule has 12 nitrogen and oxygen atoms in total. The Labute approximate surface area is 234 Å². The second kappa shape index (κ2) is 9.75. The van der Waals surface area contributed by atoms with Crippen LogP contribution in [0.1, 0.15) is 17.5 Å². The molecule has 214 valence electrons. The molecule has 3 aliphatic carbocycles. The van der Waals surface area contributed by atoms with Crippen molar-refractivity contribution in [1.29, 1.82) is 0 Å². The van der Waals surface area contributed by atoms with Gasteiger partial charge in [0.05, 0.1) is 11.6 Å². The zero-order valence-electron chi connectivity index (χ0n) is 22.5. The molecule has 3 aliphatic rings. The molecule has 0 aliphatic heterocycles. The molecule has 2 amide bonds. The zero-order chi connectivity index (χ0) is 30.0. The van der Waals surface area contributed by atoms with Crippen molar-refractivity contribution in [2.75, 3.05) is 21.1 Å². The average molecular weight is 564 g/mol. The fourth-order valence-corrected chi connectivity index (χ4v) is 6.38. The number of Topliss-reactive ketones (excluding diaryl/α,β-unsaturated/α-hetero) is 2. The summed E-state index contributed by atoms with van der Waals surface area (Å²) in [6.45, 7) is 0. The largest absolute Gasteiger partial charge is 0.508 e. The number of phenolic OH excluding ortho intramolecular Hbond substituents is 1. The predicted octanol–water partition coefficient (Wildman–Crippen LogP) is 1.35. The normalized spacial score (nSPS) is 25.4. The van der Waals surface area contributed by atoms with Gasteiger partial charge in [0.25, 0.3) is 5.91 Å². The molecular weight excluding hydrogens is 534 g/mol. The molecule has 0 radical (unpaired) electrons. The van der Waals surface area contributed by atoms with Gasteiger partial charge in [-0.15, -0.1) is 0 Å². The molecule has 0 spiro atoms. The van der Waals surface area contributed by atoms with Crippen molar-refractivity contribution in [3.8, 4) is 22.6 Å². The van der Waals surface area contributed by atoms with Crippen molar-refractivity contribution in [3.05, 3.63) is 64.4 Å². The molecule has 0 unspecified atom stereocenters. The number of aliphatic hydroxyl groups excluding tert-OH is 2. The Bertz CT molecular complexity index is 1570. The second-order valence-corrected chi connectivity index (χ2v) is 10.6. The van der Waals surface area contributed by atoms with Crippen LogP contribution in [0.25, 0.3) is 16.9 Å². The van der Waals surface area contributed by atoms with Crippen LogP contribution in [0, 0.1) is 11.8 Å². The molecule has 2 aromatic carbocycles. The molecule has 7 N–H and O–H groups in total. The highest BCUT2D eigenvalue weighted by Crippen LogP contribution is 2.53. The number of fused-ring (bicyclic) bond motifs is 3. The summed E-state index contributed by atoms with van der Waals surface area (Å²) in [4.78, 5) is 52.3. The predicted molar refractivity (Wildman–Crippen MR) is 145 cm³/mol. The molecule has 4 atom stereocenters. The summed E-state index contributed by atoms with van der Waals surface area (Å²) in [5.41, 5.74) is 3.39. The van der Waals surface area contributed by atoms with E-state index < -0.39 is 64.1 Å². The summed E-state index contributed by atoms with van der Waals surface area (Å²) in [6, 6.07) is 8.41. The van der Waals surface area contributed by atoms with E-state index in [1.807, 2.05) is 0 Å². The zero-order valence-corrected chi connectivity index (χ0v) is 22.5. The van der Waals surface area contributed by atoms with Crippen LogP contribution in [0.4, 0.5) is 4.79 Å². The van der Waals surface area contributed by atoms with Crippen molar-refractivity contribution < 1.29 is 44.3 Å². The SMILES string of the molecule is CNC(=O)Oc1ccc(-c2ccc(O)c3c2C[C@@H]2C[C@@H]4[C@H](N(C)C)C(=O)C(C(N)=O)=C(O)[C@]4(O)C(=O)C2=C3O)cc1. The number of aliphatic hydroxyl groups is 3. The molecule has 2 aromatic rings. The topological polar surface area (TPSA) is 200 Å². The minimum absolute atomic E-state index is 0.00974. The molecule has 5 rings (SSSR count). The molecule has 1 fully saturated rings. The number of rotatable bonds is 4. The first kappa shape index (κ1) is 27.9. The molecule has 0 bridgehead atoms. The van der Waals surface area contributed by atoms with Gasteiger partial charge in [-0.05, 0) is 67.7 Å². The van der Waals surface area contributed by atoms with E-state index in [9.17, 15) is 39.6 Å². The number of likely N-dealkylation sites (N-methyl/N-ethyl adjacent to an activating group) is 1. The third kappa shape index (κ3) is 4.06. The maximum Gasteiger partial charge on any atom is 0.412 e. The number of carbonyl (C=O) groups excluding carboxylic acids is 4. The number of hydrogen-bond donors (Lipinski definition) is 6. The second-order valence-electron chi connectivity index (χ2n) is 10.6. The lowest BCUT2D eigenvalue weighted by atomic mass is 9.57. The number of ether oxygens (including phenoxy) is 1. The Morgan fingerprint density at radius 1 is 1.07 bits per heavy atom. The molecule has 41 heavy (non-hydrogen) atoms. The first-order valence-electron chi connectivity index (χ1n) is 12.8. The van der Waals surface area contributed by atoms with Crippen LogP contribution < -0.4 is 15.8 Å². The first-order valence-corrected chi connectivity index (χ1v) is 12.8. The highest BCUT2D eigenvalue weighted by Gasteiger charge is 2.64. The van der Waals surface area contributed by atoms with Crippen molar-refractivity contribution in [3.63, 3.8) is 0 Å². The van der Waals surface area contributed by atoms with Crippen LogP contribution in [0.3, 0.4) is 0 Å². The lowest BCUT2D eigenvalue weighted by molar-refractivity contribution is -0.153. The quantitative estimate of drug-likeness (QED) is 0.295. The third-order valence-electron chi connectivity index (χ3n) is 8.18. The van der Waals surface area contributed by atoms with Crippen LogP contribution in [-0.2, 0) is 20.8 Å². The number of primary amides is 1. The van der Waals surface area contributed by atoms with E-state index in [1.165, 1.54) is 18.0 Å². The van der Waals surface area contributed by atoms with E-state index in [4.69, 9.17) is 10.5 Å². The fraction of sp³-hybridized carbons (Fsp3) is 0.310. The van der Waals surface area contributed by atoms with Crippen molar-refractivity contribution >= 4 is 29.3 Å². The minimum atomic E-state index is -2.70. The first-order chi connectivity index (χ1) is 19.3. The number of aromatic hydroxyl groups is 1. The highest BCUT2D eigenvalue weighted by molar-refractivity contribution is 6.24. The Balaban J connectivity index is 1.65. The van der Waals surface area contributed by atoms with Gasteiger partial charge in [-0.25, -0.2) is 4.79 Å². The maximum atomic E-state index is 13.9. The van der Waals surface area contributed by atoms with Crippen molar-refractivity contribution in [1.82, 2.24) is 10.2 Å². The lowest BCUT2D eigenvalue weighted by Crippen LogP contribution is -2.65. The Morgan fingerprint density at radius 2 is 1.73 bits per heavy atom. The number of amides is 2. The van der Waals surface area contributed by atoms with Crippen LogP contribution in [0.15, 0.2) is 53.3 Å². The summed E-state index contributed by atoms with van der Waals surface area (Å²) >= 11 is 0. The summed E-state index contributed by atoms with van der Waals surface area (Å²) < 4.78 is 5.13. The van der Waals surface area contributed by atoms with Gasteiger partial charge in [0.2, 0.25) is 5.78 Å². The number of nitrogens with one attached hydrogen (secondary N) is 1. The Hall–Kier alpha value is -4.68. The Kier molecular flexibility index (Phi) is 6.63. The molecule has 0 saturated heterocycles. The Morgan fingerprint density at radius 3 is 2.32 bits per heavy atom. The van der Waals surface area contributed by atoms with Crippen LogP contribution in [-0.4, -0.2) is 81.7 Å². The molecule has 0 heterocycles. The van der Waals surface area contributed by atoms with E-state index in [0.29, 0.717) is 22.4 Å². The number of nitrogens with two attached hydrogens (primary N) is 1. The van der Waals surface area contributed by atoms with Gasteiger partial charge in [-0.1, -0.05) is 18.2 Å². The number of nitrogens with zero attached hydrogens (tertiary/aromatic N) is 1. The van der Waals surface area contributed by atoms with Gasteiger partial charge in [-0.2, -0.15) is 0 Å². The average Bonchev–Trinajstić information content (AvgIpc) is 2.91. The van der Waals surface area contributed by atoms with Crippen molar-refractivity contribution in [2.45, 2.75) is 24.5 Å². The van der Waals surface area contributed by atoms with E-state index >= 15 is 0 Å².